The van der Waals surface area contributed by atoms with Crippen molar-refractivity contribution < 1.29 is 4.39 Å². The number of nitrogens with zero attached hydrogens (tertiary/aromatic N) is 1. The highest BCUT2D eigenvalue weighted by molar-refractivity contribution is 5.55. The van der Waals surface area contributed by atoms with E-state index >= 15 is 0 Å². The second-order valence-electron chi connectivity index (χ2n) is 6.14. The maximum Gasteiger partial charge on any atom is 0.123 e. The van der Waals surface area contributed by atoms with E-state index in [9.17, 15) is 4.39 Å². The first-order valence-corrected chi connectivity index (χ1v) is 8.30. The molecule has 3 heteroatoms. The highest BCUT2D eigenvalue weighted by Gasteiger charge is 2.16. The highest BCUT2D eigenvalue weighted by atomic mass is 19.1. The normalized spacial score (nSPS) is 12.7. The Kier molecular flexibility index (Phi) is 7.73. The maximum absolute atomic E-state index is 13.6. The summed E-state index contributed by atoms with van der Waals surface area (Å²) in [5, 5.41) is 0. The minimum atomic E-state index is -0.172. The lowest BCUT2D eigenvalue weighted by Crippen LogP contribution is -2.33. The summed E-state index contributed by atoms with van der Waals surface area (Å²) in [6, 6.07) is 5.63. The van der Waals surface area contributed by atoms with Crippen LogP contribution < -0.4 is 10.6 Å². The zero-order chi connectivity index (χ0) is 15.8. The van der Waals surface area contributed by atoms with E-state index in [1.807, 2.05) is 6.07 Å². The van der Waals surface area contributed by atoms with Crippen LogP contribution in [0.15, 0.2) is 18.2 Å². The van der Waals surface area contributed by atoms with Crippen molar-refractivity contribution in [1.82, 2.24) is 0 Å². The van der Waals surface area contributed by atoms with Crippen molar-refractivity contribution in [2.24, 2.45) is 5.73 Å². The summed E-state index contributed by atoms with van der Waals surface area (Å²) < 4.78 is 13.6. The van der Waals surface area contributed by atoms with Crippen molar-refractivity contribution >= 4 is 5.69 Å². The van der Waals surface area contributed by atoms with Crippen molar-refractivity contribution in [2.45, 2.75) is 71.9 Å². The molecule has 0 heterocycles. The molecule has 120 valence electrons. The second-order valence-corrected chi connectivity index (χ2v) is 6.14. The first kappa shape index (κ1) is 18.0. The Morgan fingerprint density at radius 2 is 1.90 bits per heavy atom. The number of hydrogen-bond acceptors (Lipinski definition) is 2. The van der Waals surface area contributed by atoms with Crippen LogP contribution in [0.2, 0.25) is 0 Å². The Morgan fingerprint density at radius 1 is 1.19 bits per heavy atom. The van der Waals surface area contributed by atoms with Gasteiger partial charge in [-0.05, 0) is 56.9 Å². The van der Waals surface area contributed by atoms with Gasteiger partial charge in [0.15, 0.2) is 0 Å². The second kappa shape index (κ2) is 9.04. The Bertz CT molecular complexity index is 418. The molecular weight excluding hydrogens is 263 g/mol. The summed E-state index contributed by atoms with van der Waals surface area (Å²) in [6.07, 6.45) is 5.26. The van der Waals surface area contributed by atoms with Crippen molar-refractivity contribution in [3.05, 3.63) is 29.6 Å². The van der Waals surface area contributed by atoms with E-state index in [1.54, 1.807) is 12.1 Å². The van der Waals surface area contributed by atoms with Gasteiger partial charge in [-0.3, -0.25) is 0 Å². The molecule has 2 nitrogen and oxygen atoms in total. The lowest BCUT2D eigenvalue weighted by molar-refractivity contribution is 0.600. The molecule has 1 atom stereocenters. The molecule has 1 unspecified atom stereocenters. The number of rotatable bonds is 9. The molecule has 0 aromatic heterocycles. The van der Waals surface area contributed by atoms with Crippen LogP contribution >= 0.6 is 0 Å². The lowest BCUT2D eigenvalue weighted by atomic mass is 10.0. The molecule has 0 aliphatic heterocycles. The average molecular weight is 294 g/mol. The van der Waals surface area contributed by atoms with Crippen molar-refractivity contribution in [3.8, 4) is 0 Å². The molecule has 0 saturated heterocycles. The van der Waals surface area contributed by atoms with E-state index in [4.69, 9.17) is 5.73 Å². The third kappa shape index (κ3) is 5.66. The molecule has 0 saturated carbocycles. The first-order chi connectivity index (χ1) is 9.99. The molecule has 1 aromatic carbocycles. The van der Waals surface area contributed by atoms with Crippen LogP contribution in [0, 0.1) is 5.82 Å². The fourth-order valence-corrected chi connectivity index (χ4v) is 2.61. The minimum absolute atomic E-state index is 0.0928. The maximum atomic E-state index is 13.6. The summed E-state index contributed by atoms with van der Waals surface area (Å²) in [7, 11) is 0. The molecule has 0 aliphatic rings. The SMILES string of the molecule is CCCCCN(c1ccc(F)cc1CC(N)CC)C(C)C. The van der Waals surface area contributed by atoms with E-state index < -0.39 is 0 Å². The molecule has 2 N–H and O–H groups in total. The number of nitrogens with two attached hydrogens (primary N) is 1. The molecule has 0 bridgehead atoms. The predicted octanol–water partition coefficient (Wildman–Crippen LogP) is 4.51. The van der Waals surface area contributed by atoms with Gasteiger partial charge in [0.25, 0.3) is 0 Å². The Labute approximate surface area is 129 Å². The summed E-state index contributed by atoms with van der Waals surface area (Å²) in [5.74, 6) is -0.172. The van der Waals surface area contributed by atoms with Crippen LogP contribution in [0.3, 0.4) is 0 Å². The van der Waals surface area contributed by atoms with E-state index in [1.165, 1.54) is 19.3 Å². The third-order valence-electron chi connectivity index (χ3n) is 3.98. The number of halogens is 1. The molecule has 1 aromatic rings. The van der Waals surface area contributed by atoms with Gasteiger partial charge in [-0.1, -0.05) is 26.7 Å². The zero-order valence-corrected chi connectivity index (χ0v) is 14.0. The largest absolute Gasteiger partial charge is 0.369 e. The number of anilines is 1. The molecule has 0 radical (unpaired) electrons. The Hall–Kier alpha value is -1.09. The van der Waals surface area contributed by atoms with E-state index in [-0.39, 0.29) is 11.9 Å². The Morgan fingerprint density at radius 3 is 2.48 bits per heavy atom. The predicted molar refractivity (Wildman–Crippen MR) is 90.4 cm³/mol. The van der Waals surface area contributed by atoms with Gasteiger partial charge in [-0.15, -0.1) is 0 Å². The monoisotopic (exact) mass is 294 g/mol. The molecule has 21 heavy (non-hydrogen) atoms. The summed E-state index contributed by atoms with van der Waals surface area (Å²) in [4.78, 5) is 2.38. The van der Waals surface area contributed by atoms with Gasteiger partial charge >= 0.3 is 0 Å². The first-order valence-electron chi connectivity index (χ1n) is 8.30. The zero-order valence-electron chi connectivity index (χ0n) is 14.0. The van der Waals surface area contributed by atoms with Gasteiger partial charge in [-0.2, -0.15) is 0 Å². The quantitative estimate of drug-likeness (QED) is 0.679. The Balaban J connectivity index is 2.99. The lowest BCUT2D eigenvalue weighted by Gasteiger charge is -2.31. The van der Waals surface area contributed by atoms with E-state index in [0.29, 0.717) is 6.04 Å². The molecule has 0 spiro atoms. The van der Waals surface area contributed by atoms with Crippen molar-refractivity contribution in [2.75, 3.05) is 11.4 Å². The molecule has 0 amide bonds. The van der Waals surface area contributed by atoms with Crippen LogP contribution in [0.4, 0.5) is 10.1 Å². The van der Waals surface area contributed by atoms with Gasteiger partial charge in [0.1, 0.15) is 5.82 Å². The van der Waals surface area contributed by atoms with Crippen molar-refractivity contribution in [1.29, 1.82) is 0 Å². The molecule has 0 aliphatic carbocycles. The van der Waals surface area contributed by atoms with Gasteiger partial charge in [0.05, 0.1) is 0 Å². The smallest absolute Gasteiger partial charge is 0.123 e. The topological polar surface area (TPSA) is 29.3 Å². The molecule has 1 rings (SSSR count). The highest BCUT2D eigenvalue weighted by Crippen LogP contribution is 2.26. The van der Waals surface area contributed by atoms with Crippen LogP contribution in [0.25, 0.3) is 0 Å². The summed E-state index contributed by atoms with van der Waals surface area (Å²) in [6.45, 7) is 9.69. The molecule has 0 fully saturated rings. The van der Waals surface area contributed by atoms with Gasteiger partial charge in [0.2, 0.25) is 0 Å². The molecular formula is C18H31FN2. The van der Waals surface area contributed by atoms with Gasteiger partial charge in [-0.25, -0.2) is 4.39 Å². The standard InChI is InChI=1S/C18H31FN2/c1-5-7-8-11-21(14(3)4)18-10-9-16(19)12-15(18)13-17(20)6-2/h9-10,12,14,17H,5-8,11,13,20H2,1-4H3. The third-order valence-corrected chi connectivity index (χ3v) is 3.98. The van der Waals surface area contributed by atoms with Crippen molar-refractivity contribution in [3.63, 3.8) is 0 Å². The number of unbranched alkanes of at least 4 members (excludes halogenated alkanes) is 2. The van der Waals surface area contributed by atoms with E-state index in [2.05, 4.69) is 32.6 Å². The van der Waals surface area contributed by atoms with Crippen LogP contribution in [0.5, 0.6) is 0 Å². The minimum Gasteiger partial charge on any atom is -0.369 e. The van der Waals surface area contributed by atoms with Crippen LogP contribution in [-0.2, 0) is 6.42 Å². The average Bonchev–Trinajstić information content (AvgIpc) is 2.44. The summed E-state index contributed by atoms with van der Waals surface area (Å²) in [5.41, 5.74) is 8.26. The fraction of sp³-hybridized carbons (Fsp3) is 0.667. The van der Waals surface area contributed by atoms with Gasteiger partial charge in [0, 0.05) is 24.3 Å². The van der Waals surface area contributed by atoms with Crippen LogP contribution in [-0.4, -0.2) is 18.6 Å². The van der Waals surface area contributed by atoms with E-state index in [0.717, 1.165) is 30.6 Å². The summed E-state index contributed by atoms with van der Waals surface area (Å²) >= 11 is 0. The van der Waals surface area contributed by atoms with Gasteiger partial charge < -0.3 is 10.6 Å². The number of benzene rings is 1. The van der Waals surface area contributed by atoms with Crippen LogP contribution in [0.1, 0.15) is 58.9 Å². The number of hydrogen-bond donors (Lipinski definition) is 1. The fourth-order valence-electron chi connectivity index (χ4n) is 2.61.